The molecule has 8 heteroatoms. The summed E-state index contributed by atoms with van der Waals surface area (Å²) in [5, 5.41) is 1.56. The van der Waals surface area contributed by atoms with Gasteiger partial charge < -0.3 is 8.83 Å². The SMILES string of the molecule is Clc1ccc(-c2ccc(C=Nc3ccc4oc(-c5cc(I)ccc5Cl)nc4c3)o2)cc1Cl. The number of hydrogen-bond donors (Lipinski definition) is 0. The molecule has 0 saturated carbocycles. The highest BCUT2D eigenvalue weighted by Gasteiger charge is 2.13. The van der Waals surface area contributed by atoms with E-state index in [1.165, 1.54) is 0 Å². The lowest BCUT2D eigenvalue weighted by Gasteiger charge is -1.99. The maximum atomic E-state index is 6.32. The Kier molecular flexibility index (Phi) is 5.99. The molecule has 0 bridgehead atoms. The first-order valence-electron chi connectivity index (χ1n) is 9.41. The first-order chi connectivity index (χ1) is 15.5. The number of hydrogen-bond acceptors (Lipinski definition) is 4. The average molecular weight is 594 g/mol. The standard InChI is InChI=1S/C24H12Cl3IN2O2/c25-18-6-2-14(28)10-17(18)24-30-21-11-15(3-7-23(21)32-24)29-12-16-4-8-22(31-16)13-1-5-19(26)20(27)9-13/h1-12H. The Balaban J connectivity index is 1.40. The third-order valence-corrected chi connectivity index (χ3v) is 6.44. The Hall–Kier alpha value is -2.32. The fourth-order valence-electron chi connectivity index (χ4n) is 3.14. The summed E-state index contributed by atoms with van der Waals surface area (Å²) in [5.41, 5.74) is 3.67. The Morgan fingerprint density at radius 1 is 0.812 bits per heavy atom. The van der Waals surface area contributed by atoms with Gasteiger partial charge in [-0.3, -0.25) is 4.99 Å². The summed E-state index contributed by atoms with van der Waals surface area (Å²) >= 11 is 20.6. The van der Waals surface area contributed by atoms with E-state index in [1.807, 2.05) is 54.6 Å². The van der Waals surface area contributed by atoms with Gasteiger partial charge >= 0.3 is 0 Å². The molecule has 5 aromatic rings. The summed E-state index contributed by atoms with van der Waals surface area (Å²) in [6.45, 7) is 0. The zero-order valence-corrected chi connectivity index (χ0v) is 20.6. The second kappa shape index (κ2) is 8.90. The van der Waals surface area contributed by atoms with Crippen molar-refractivity contribution in [2.45, 2.75) is 0 Å². The van der Waals surface area contributed by atoms with E-state index in [1.54, 1.807) is 18.3 Å². The van der Waals surface area contributed by atoms with Gasteiger partial charge in [0, 0.05) is 9.13 Å². The molecule has 2 aromatic heterocycles. The molecule has 0 spiro atoms. The van der Waals surface area contributed by atoms with Gasteiger partial charge in [0.15, 0.2) is 5.58 Å². The Morgan fingerprint density at radius 2 is 1.66 bits per heavy atom. The van der Waals surface area contributed by atoms with Crippen molar-refractivity contribution < 1.29 is 8.83 Å². The molecule has 2 heterocycles. The van der Waals surface area contributed by atoms with E-state index in [9.17, 15) is 0 Å². The van der Waals surface area contributed by atoms with Crippen LogP contribution in [0.3, 0.4) is 0 Å². The quantitative estimate of drug-likeness (QED) is 0.154. The van der Waals surface area contributed by atoms with Crippen molar-refractivity contribution in [1.29, 1.82) is 0 Å². The highest BCUT2D eigenvalue weighted by molar-refractivity contribution is 14.1. The Morgan fingerprint density at radius 3 is 2.50 bits per heavy atom. The van der Waals surface area contributed by atoms with Crippen LogP contribution in [-0.2, 0) is 0 Å². The summed E-state index contributed by atoms with van der Waals surface area (Å²) in [6.07, 6.45) is 1.65. The molecule has 3 aromatic carbocycles. The van der Waals surface area contributed by atoms with Crippen LogP contribution in [0.15, 0.2) is 80.6 Å². The lowest BCUT2D eigenvalue weighted by atomic mass is 10.2. The molecule has 0 N–H and O–H groups in total. The second-order valence-electron chi connectivity index (χ2n) is 6.88. The lowest BCUT2D eigenvalue weighted by Crippen LogP contribution is -1.81. The topological polar surface area (TPSA) is 51.5 Å². The van der Waals surface area contributed by atoms with E-state index < -0.39 is 0 Å². The Labute approximate surface area is 212 Å². The normalized spacial score (nSPS) is 11.6. The average Bonchev–Trinajstić information content (AvgIpc) is 3.42. The minimum absolute atomic E-state index is 0.474. The first kappa shape index (κ1) is 21.5. The van der Waals surface area contributed by atoms with E-state index in [-0.39, 0.29) is 0 Å². The number of nitrogens with zero attached hydrogens (tertiary/aromatic N) is 2. The molecular weight excluding hydrogens is 582 g/mol. The molecule has 158 valence electrons. The van der Waals surface area contributed by atoms with Gasteiger partial charge in [-0.15, -0.1) is 0 Å². The van der Waals surface area contributed by atoms with Gasteiger partial charge in [-0.2, -0.15) is 0 Å². The van der Waals surface area contributed by atoms with Gasteiger partial charge in [0.25, 0.3) is 0 Å². The van der Waals surface area contributed by atoms with Crippen LogP contribution in [0.1, 0.15) is 5.76 Å². The van der Waals surface area contributed by atoms with Crippen molar-refractivity contribution in [3.05, 3.63) is 91.1 Å². The number of furan rings is 1. The molecule has 0 unspecified atom stereocenters. The summed E-state index contributed by atoms with van der Waals surface area (Å²) in [4.78, 5) is 9.09. The number of rotatable bonds is 4. The van der Waals surface area contributed by atoms with Crippen LogP contribution < -0.4 is 0 Å². The third kappa shape index (κ3) is 4.43. The predicted molar refractivity (Wildman–Crippen MR) is 139 cm³/mol. The maximum absolute atomic E-state index is 6.32. The second-order valence-corrected chi connectivity index (χ2v) is 9.35. The molecule has 5 rings (SSSR count). The molecule has 4 nitrogen and oxygen atoms in total. The van der Waals surface area contributed by atoms with Crippen LogP contribution in [0.4, 0.5) is 5.69 Å². The maximum Gasteiger partial charge on any atom is 0.228 e. The molecule has 0 amide bonds. The van der Waals surface area contributed by atoms with Gasteiger partial charge in [0.05, 0.1) is 32.5 Å². The molecule has 0 atom stereocenters. The summed E-state index contributed by atoms with van der Waals surface area (Å²) in [7, 11) is 0. The van der Waals surface area contributed by atoms with Crippen LogP contribution in [0.2, 0.25) is 15.1 Å². The fraction of sp³-hybridized carbons (Fsp3) is 0. The molecule has 0 saturated heterocycles. The number of fused-ring (bicyclic) bond motifs is 1. The van der Waals surface area contributed by atoms with Crippen LogP contribution >= 0.6 is 57.4 Å². The molecular formula is C24H12Cl3IN2O2. The summed E-state index contributed by atoms with van der Waals surface area (Å²) < 4.78 is 12.8. The zero-order chi connectivity index (χ0) is 22.2. The van der Waals surface area contributed by atoms with Crippen LogP contribution in [0.25, 0.3) is 33.9 Å². The van der Waals surface area contributed by atoms with Gasteiger partial charge in [-0.1, -0.05) is 34.8 Å². The van der Waals surface area contributed by atoms with Crippen LogP contribution in [0.5, 0.6) is 0 Å². The van der Waals surface area contributed by atoms with Gasteiger partial charge in [-0.25, -0.2) is 4.98 Å². The number of halogens is 4. The van der Waals surface area contributed by atoms with E-state index >= 15 is 0 Å². The molecule has 0 aliphatic carbocycles. The predicted octanol–water partition coefficient (Wildman–Crippen LogP) is 9.07. The van der Waals surface area contributed by atoms with E-state index in [0.717, 1.165) is 20.4 Å². The molecule has 32 heavy (non-hydrogen) atoms. The smallest absolute Gasteiger partial charge is 0.228 e. The van der Waals surface area contributed by atoms with Gasteiger partial charge in [-0.05, 0) is 89.3 Å². The van der Waals surface area contributed by atoms with Crippen molar-refractivity contribution >= 4 is 80.4 Å². The van der Waals surface area contributed by atoms with Crippen LogP contribution in [0, 0.1) is 3.57 Å². The van der Waals surface area contributed by atoms with E-state index in [2.05, 4.69) is 32.6 Å². The zero-order valence-electron chi connectivity index (χ0n) is 16.2. The number of aromatic nitrogens is 1. The van der Waals surface area contributed by atoms with Gasteiger partial charge in [0.1, 0.15) is 17.0 Å². The summed E-state index contributed by atoms with van der Waals surface area (Å²) in [5.74, 6) is 1.76. The number of benzene rings is 3. The van der Waals surface area contributed by atoms with Crippen molar-refractivity contribution in [2.75, 3.05) is 0 Å². The highest BCUT2D eigenvalue weighted by Crippen LogP contribution is 2.33. The van der Waals surface area contributed by atoms with E-state index in [0.29, 0.717) is 43.6 Å². The minimum Gasteiger partial charge on any atom is -0.455 e. The van der Waals surface area contributed by atoms with Gasteiger partial charge in [0.2, 0.25) is 5.89 Å². The largest absolute Gasteiger partial charge is 0.455 e. The Bertz CT molecular complexity index is 1490. The van der Waals surface area contributed by atoms with E-state index in [4.69, 9.17) is 43.6 Å². The highest BCUT2D eigenvalue weighted by atomic mass is 127. The minimum atomic E-state index is 0.474. The number of oxazole rings is 1. The fourth-order valence-corrected chi connectivity index (χ4v) is 4.13. The van der Waals surface area contributed by atoms with Crippen molar-refractivity contribution in [3.63, 3.8) is 0 Å². The first-order valence-corrected chi connectivity index (χ1v) is 11.6. The monoisotopic (exact) mass is 592 g/mol. The van der Waals surface area contributed by atoms with Crippen molar-refractivity contribution in [1.82, 2.24) is 4.98 Å². The van der Waals surface area contributed by atoms with Crippen LogP contribution in [-0.4, -0.2) is 11.2 Å². The molecule has 0 radical (unpaired) electrons. The van der Waals surface area contributed by atoms with Crippen molar-refractivity contribution in [2.24, 2.45) is 4.99 Å². The molecule has 0 aliphatic rings. The third-order valence-electron chi connectivity index (χ3n) is 4.70. The lowest BCUT2D eigenvalue weighted by molar-refractivity contribution is 0.575. The molecule has 0 aliphatic heterocycles. The number of aliphatic imine (C=N–C) groups is 1. The van der Waals surface area contributed by atoms with Crippen molar-refractivity contribution in [3.8, 4) is 22.8 Å². The molecule has 0 fully saturated rings. The summed E-state index contributed by atoms with van der Waals surface area (Å²) in [6, 6.07) is 20.3.